The number of carbonyl (C=O) groups excluding carboxylic acids is 2. The number of carbonyl (C=O) groups is 2. The third kappa shape index (κ3) is 5.53. The third-order valence-electron chi connectivity index (χ3n) is 2.79. The first-order valence-corrected chi connectivity index (χ1v) is 6.78. The van der Waals surface area contributed by atoms with Crippen LogP contribution < -0.4 is 10.1 Å². The largest absolute Gasteiger partial charge is 0.484 e. The maximum atomic E-state index is 12.0. The molecule has 0 saturated carbocycles. The molecule has 21 heavy (non-hydrogen) atoms. The molecule has 6 heteroatoms. The molecule has 1 N–H and O–H groups in total. The van der Waals surface area contributed by atoms with Gasteiger partial charge in [0.25, 0.3) is 5.91 Å². The van der Waals surface area contributed by atoms with Crippen LogP contribution in [-0.2, 0) is 9.59 Å². The van der Waals surface area contributed by atoms with Gasteiger partial charge in [0.05, 0.1) is 18.2 Å². The molecule has 112 valence electrons. The van der Waals surface area contributed by atoms with Gasteiger partial charge in [0, 0.05) is 13.1 Å². The van der Waals surface area contributed by atoms with Crippen molar-refractivity contribution in [1.29, 1.82) is 5.26 Å². The van der Waals surface area contributed by atoms with Crippen LogP contribution in [0.15, 0.2) is 24.3 Å². The molecule has 0 aliphatic heterocycles. The summed E-state index contributed by atoms with van der Waals surface area (Å²) >= 11 is 0. The van der Waals surface area contributed by atoms with E-state index in [-0.39, 0.29) is 25.0 Å². The molecule has 0 atom stereocenters. The predicted octanol–water partition coefficient (Wildman–Crippen LogP) is 0.922. The minimum Gasteiger partial charge on any atom is -0.484 e. The van der Waals surface area contributed by atoms with E-state index in [1.54, 1.807) is 31.2 Å². The highest BCUT2D eigenvalue weighted by Gasteiger charge is 2.15. The first-order chi connectivity index (χ1) is 10.1. The molecule has 6 nitrogen and oxygen atoms in total. The summed E-state index contributed by atoms with van der Waals surface area (Å²) in [6.45, 7) is 4.49. The van der Waals surface area contributed by atoms with Crippen molar-refractivity contribution in [1.82, 2.24) is 10.2 Å². The Morgan fingerprint density at radius 1 is 1.29 bits per heavy atom. The number of ether oxygens (including phenoxy) is 1. The Bertz CT molecular complexity index is 520. The van der Waals surface area contributed by atoms with E-state index >= 15 is 0 Å². The summed E-state index contributed by atoms with van der Waals surface area (Å²) in [7, 11) is 0. The van der Waals surface area contributed by atoms with E-state index in [0.717, 1.165) is 0 Å². The van der Waals surface area contributed by atoms with Gasteiger partial charge in [-0.3, -0.25) is 9.59 Å². The molecule has 0 spiro atoms. The van der Waals surface area contributed by atoms with Gasteiger partial charge in [-0.1, -0.05) is 0 Å². The Hall–Kier alpha value is -2.55. The second-order valence-corrected chi connectivity index (χ2v) is 4.29. The zero-order chi connectivity index (χ0) is 15.7. The first kappa shape index (κ1) is 16.5. The van der Waals surface area contributed by atoms with Gasteiger partial charge >= 0.3 is 0 Å². The van der Waals surface area contributed by atoms with Crippen LogP contribution in [-0.4, -0.2) is 43.0 Å². The molecule has 0 aliphatic carbocycles. The van der Waals surface area contributed by atoms with Crippen molar-refractivity contribution in [3.63, 3.8) is 0 Å². The fraction of sp³-hybridized carbons (Fsp3) is 0.400. The molecule has 0 aromatic heterocycles. The Labute approximate surface area is 124 Å². The fourth-order valence-corrected chi connectivity index (χ4v) is 1.66. The van der Waals surface area contributed by atoms with Crippen LogP contribution in [0.2, 0.25) is 0 Å². The van der Waals surface area contributed by atoms with Crippen LogP contribution in [0, 0.1) is 11.3 Å². The van der Waals surface area contributed by atoms with E-state index in [4.69, 9.17) is 10.00 Å². The number of amides is 2. The zero-order valence-electron chi connectivity index (χ0n) is 12.3. The lowest BCUT2D eigenvalue weighted by Crippen LogP contribution is -2.42. The predicted molar refractivity (Wildman–Crippen MR) is 77.6 cm³/mol. The molecule has 0 bridgehead atoms. The van der Waals surface area contributed by atoms with Gasteiger partial charge in [-0.15, -0.1) is 0 Å². The molecular weight excluding hydrogens is 270 g/mol. The van der Waals surface area contributed by atoms with Gasteiger partial charge < -0.3 is 15.0 Å². The van der Waals surface area contributed by atoms with Crippen LogP contribution in [0.1, 0.15) is 19.4 Å². The van der Waals surface area contributed by atoms with Crippen molar-refractivity contribution in [3.05, 3.63) is 29.8 Å². The van der Waals surface area contributed by atoms with E-state index in [0.29, 0.717) is 24.4 Å². The van der Waals surface area contributed by atoms with Crippen molar-refractivity contribution in [2.24, 2.45) is 0 Å². The van der Waals surface area contributed by atoms with E-state index in [2.05, 4.69) is 5.32 Å². The second-order valence-electron chi connectivity index (χ2n) is 4.29. The van der Waals surface area contributed by atoms with Crippen LogP contribution in [0.25, 0.3) is 0 Å². The summed E-state index contributed by atoms with van der Waals surface area (Å²) < 4.78 is 5.36. The van der Waals surface area contributed by atoms with E-state index < -0.39 is 0 Å². The highest BCUT2D eigenvalue weighted by molar-refractivity contribution is 5.85. The maximum Gasteiger partial charge on any atom is 0.260 e. The molecule has 0 unspecified atom stereocenters. The average Bonchev–Trinajstić information content (AvgIpc) is 2.51. The molecule has 2 amide bonds. The Kier molecular flexibility index (Phi) is 6.75. The summed E-state index contributed by atoms with van der Waals surface area (Å²) in [5.74, 6) is 0.0654. The molecular formula is C15H19N3O3. The minimum absolute atomic E-state index is 0.0277. The number of hydrogen-bond acceptors (Lipinski definition) is 4. The topological polar surface area (TPSA) is 82.4 Å². The third-order valence-corrected chi connectivity index (χ3v) is 2.79. The normalized spacial score (nSPS) is 9.57. The number of likely N-dealkylation sites (N-methyl/N-ethyl adjacent to an activating group) is 2. The Morgan fingerprint density at radius 2 is 1.95 bits per heavy atom. The van der Waals surface area contributed by atoms with Gasteiger partial charge in [0.15, 0.2) is 6.61 Å². The van der Waals surface area contributed by atoms with Gasteiger partial charge in [0.2, 0.25) is 5.91 Å². The number of nitriles is 1. The zero-order valence-corrected chi connectivity index (χ0v) is 12.3. The SMILES string of the molecule is CCNC(=O)CN(CC)C(=O)COc1ccc(C#N)cc1. The van der Waals surface area contributed by atoms with Crippen molar-refractivity contribution >= 4 is 11.8 Å². The quantitative estimate of drug-likeness (QED) is 0.809. The fourth-order valence-electron chi connectivity index (χ4n) is 1.66. The van der Waals surface area contributed by atoms with Gasteiger partial charge in [-0.05, 0) is 38.1 Å². The Morgan fingerprint density at radius 3 is 2.48 bits per heavy atom. The van der Waals surface area contributed by atoms with E-state index in [1.165, 1.54) is 4.90 Å². The number of nitrogens with zero attached hydrogens (tertiary/aromatic N) is 2. The number of hydrogen-bond donors (Lipinski definition) is 1. The van der Waals surface area contributed by atoms with Crippen LogP contribution in [0.4, 0.5) is 0 Å². The number of nitrogens with one attached hydrogen (secondary N) is 1. The first-order valence-electron chi connectivity index (χ1n) is 6.78. The summed E-state index contributed by atoms with van der Waals surface area (Å²) in [6, 6.07) is 8.50. The van der Waals surface area contributed by atoms with Crippen LogP contribution >= 0.6 is 0 Å². The summed E-state index contributed by atoms with van der Waals surface area (Å²) in [5.41, 5.74) is 0.528. The van der Waals surface area contributed by atoms with Gasteiger partial charge in [0.1, 0.15) is 5.75 Å². The summed E-state index contributed by atoms with van der Waals surface area (Å²) in [5, 5.41) is 11.3. The molecule has 0 heterocycles. The highest BCUT2D eigenvalue weighted by Crippen LogP contribution is 2.11. The van der Waals surface area contributed by atoms with E-state index in [9.17, 15) is 9.59 Å². The summed E-state index contributed by atoms with van der Waals surface area (Å²) in [4.78, 5) is 24.9. The minimum atomic E-state index is -0.256. The highest BCUT2D eigenvalue weighted by atomic mass is 16.5. The molecule has 0 radical (unpaired) electrons. The summed E-state index contributed by atoms with van der Waals surface area (Å²) in [6.07, 6.45) is 0. The lowest BCUT2D eigenvalue weighted by Gasteiger charge is -2.20. The smallest absolute Gasteiger partial charge is 0.260 e. The molecule has 1 aromatic rings. The van der Waals surface area contributed by atoms with Crippen molar-refractivity contribution < 1.29 is 14.3 Å². The van der Waals surface area contributed by atoms with Crippen molar-refractivity contribution in [3.8, 4) is 11.8 Å². The number of rotatable bonds is 7. The molecule has 0 fully saturated rings. The lowest BCUT2D eigenvalue weighted by atomic mass is 10.2. The lowest BCUT2D eigenvalue weighted by molar-refractivity contribution is -0.137. The van der Waals surface area contributed by atoms with Crippen LogP contribution in [0.5, 0.6) is 5.75 Å². The van der Waals surface area contributed by atoms with Gasteiger partial charge in [-0.2, -0.15) is 5.26 Å². The standard InChI is InChI=1S/C15H19N3O3/c1-3-17-14(19)10-18(4-2)15(20)11-21-13-7-5-12(9-16)6-8-13/h5-8H,3-4,10-11H2,1-2H3,(H,17,19). The maximum absolute atomic E-state index is 12.0. The molecule has 0 aliphatic rings. The Balaban J connectivity index is 2.50. The second kappa shape index (κ2) is 8.59. The van der Waals surface area contributed by atoms with Crippen molar-refractivity contribution in [2.75, 3.05) is 26.2 Å². The van der Waals surface area contributed by atoms with Crippen molar-refractivity contribution in [2.45, 2.75) is 13.8 Å². The van der Waals surface area contributed by atoms with Gasteiger partial charge in [-0.25, -0.2) is 0 Å². The number of benzene rings is 1. The molecule has 1 rings (SSSR count). The average molecular weight is 289 g/mol. The molecule has 1 aromatic carbocycles. The van der Waals surface area contributed by atoms with E-state index in [1.807, 2.05) is 13.0 Å². The monoisotopic (exact) mass is 289 g/mol. The van der Waals surface area contributed by atoms with Crippen LogP contribution in [0.3, 0.4) is 0 Å². The molecule has 0 saturated heterocycles.